The lowest BCUT2D eigenvalue weighted by Gasteiger charge is -2.48. The summed E-state index contributed by atoms with van der Waals surface area (Å²) < 4.78 is 0. The number of rotatable bonds is 6. The molecule has 1 aliphatic carbocycles. The Morgan fingerprint density at radius 2 is 1.52 bits per heavy atom. The van der Waals surface area contributed by atoms with Crippen LogP contribution in [0.3, 0.4) is 0 Å². The van der Waals surface area contributed by atoms with Gasteiger partial charge in [0.15, 0.2) is 0 Å². The van der Waals surface area contributed by atoms with E-state index in [1.807, 2.05) is 78.9 Å². The van der Waals surface area contributed by atoms with Crippen LogP contribution in [0.4, 0.5) is 0 Å². The lowest BCUT2D eigenvalue weighted by molar-refractivity contribution is -0.138. The van der Waals surface area contributed by atoms with E-state index in [1.54, 1.807) is 29.2 Å². The summed E-state index contributed by atoms with van der Waals surface area (Å²) in [6.45, 7) is 0.202. The summed E-state index contributed by atoms with van der Waals surface area (Å²) in [5.41, 5.74) is 7.55. The van der Waals surface area contributed by atoms with Crippen LogP contribution in [0.1, 0.15) is 50.1 Å². The van der Waals surface area contributed by atoms with Crippen LogP contribution in [0.25, 0.3) is 0 Å². The molecular formula is C33H29ClN2O4. The molecule has 2 N–H and O–H groups in total. The van der Waals surface area contributed by atoms with Crippen molar-refractivity contribution in [3.05, 3.63) is 142 Å². The zero-order valence-electron chi connectivity index (χ0n) is 21.7. The molecule has 6 nitrogen and oxygen atoms in total. The summed E-state index contributed by atoms with van der Waals surface area (Å²) in [7, 11) is 0. The first-order valence-electron chi connectivity index (χ1n) is 13.4. The first kappa shape index (κ1) is 26.3. The zero-order chi connectivity index (χ0) is 27.6. The topological polar surface area (TPSA) is 78.9 Å². The minimum Gasteiger partial charge on any atom is -0.391 e. The Labute approximate surface area is 238 Å². The van der Waals surface area contributed by atoms with E-state index in [4.69, 9.17) is 16.4 Å². The van der Waals surface area contributed by atoms with Gasteiger partial charge in [0.25, 0.3) is 11.8 Å². The summed E-state index contributed by atoms with van der Waals surface area (Å²) in [5, 5.41) is 11.9. The molecule has 0 spiro atoms. The summed E-state index contributed by atoms with van der Waals surface area (Å²) in [6.07, 6.45) is 0.113. The third kappa shape index (κ3) is 5.02. The van der Waals surface area contributed by atoms with Crippen molar-refractivity contribution < 1.29 is 19.5 Å². The van der Waals surface area contributed by atoms with Gasteiger partial charge in [-0.05, 0) is 52.4 Å². The minimum atomic E-state index is -0.794. The Balaban J connectivity index is 1.41. The molecule has 2 amide bonds. The summed E-state index contributed by atoms with van der Waals surface area (Å²) >= 11 is 6.23. The number of aliphatic hydroxyl groups excluding tert-OH is 1. The molecule has 0 radical (unpaired) electrons. The van der Waals surface area contributed by atoms with Gasteiger partial charge in [0, 0.05) is 17.0 Å². The van der Waals surface area contributed by atoms with E-state index < -0.39 is 24.1 Å². The fourth-order valence-corrected chi connectivity index (χ4v) is 6.13. The molecule has 4 unspecified atom stereocenters. The highest BCUT2D eigenvalue weighted by atomic mass is 35.5. The van der Waals surface area contributed by atoms with E-state index in [0.717, 1.165) is 22.3 Å². The minimum absolute atomic E-state index is 0.202. The van der Waals surface area contributed by atoms with Crippen molar-refractivity contribution in [2.24, 2.45) is 0 Å². The van der Waals surface area contributed by atoms with Crippen LogP contribution in [0.5, 0.6) is 0 Å². The maximum atomic E-state index is 14.2. The molecule has 0 fully saturated rings. The quantitative estimate of drug-likeness (QED) is 0.314. The molecule has 0 aromatic heterocycles. The third-order valence-electron chi connectivity index (χ3n) is 7.90. The molecule has 0 saturated heterocycles. The number of benzene rings is 4. The standard InChI is InChI=1S/C33H29ClN2O4/c34-25-16-14-22(15-17-25)31-30(32(38)35-40-20-21-8-2-1-3-9-21)26-12-6-7-13-27(26)33(39)36(31)28-18-23-10-4-5-11-24(23)19-29(28)37/h1-17,28-31,37H,18-20H2,(H,35,38). The number of carbonyl (C=O) groups is 2. The van der Waals surface area contributed by atoms with Crippen LogP contribution in [-0.2, 0) is 29.1 Å². The number of amides is 2. The number of nitrogens with one attached hydrogen (secondary N) is 1. The molecule has 0 bridgehead atoms. The fourth-order valence-electron chi connectivity index (χ4n) is 6.00. The molecule has 4 atom stereocenters. The SMILES string of the molecule is O=C(NOCc1ccccc1)C1c2ccccc2C(=O)N(C2Cc3ccccc3CC2O)C1c1ccc(Cl)cc1. The van der Waals surface area contributed by atoms with E-state index in [1.165, 1.54) is 0 Å². The Hall–Kier alpha value is -3.97. The van der Waals surface area contributed by atoms with Crippen LogP contribution in [0.2, 0.25) is 5.02 Å². The highest BCUT2D eigenvalue weighted by molar-refractivity contribution is 6.30. The van der Waals surface area contributed by atoms with Crippen molar-refractivity contribution in [2.75, 3.05) is 0 Å². The van der Waals surface area contributed by atoms with Gasteiger partial charge in [-0.2, -0.15) is 0 Å². The molecule has 6 rings (SSSR count). The maximum absolute atomic E-state index is 14.2. The number of carbonyl (C=O) groups excluding carboxylic acids is 2. The molecule has 40 heavy (non-hydrogen) atoms. The molecule has 1 aliphatic heterocycles. The van der Waals surface area contributed by atoms with Gasteiger partial charge in [-0.15, -0.1) is 0 Å². The number of aliphatic hydroxyl groups is 1. The van der Waals surface area contributed by atoms with Crippen LogP contribution in [-0.4, -0.2) is 34.0 Å². The Bertz CT molecular complexity index is 1530. The number of hydroxylamine groups is 1. The average Bonchev–Trinajstić information content (AvgIpc) is 2.98. The van der Waals surface area contributed by atoms with E-state index >= 15 is 0 Å². The molecule has 202 valence electrons. The van der Waals surface area contributed by atoms with Gasteiger partial charge in [-0.25, -0.2) is 5.48 Å². The van der Waals surface area contributed by atoms with Crippen molar-refractivity contribution in [1.82, 2.24) is 10.4 Å². The van der Waals surface area contributed by atoms with Gasteiger partial charge < -0.3 is 10.0 Å². The number of hydrogen-bond acceptors (Lipinski definition) is 4. The molecular weight excluding hydrogens is 524 g/mol. The normalized spacial score (nSPS) is 21.9. The predicted molar refractivity (Wildman–Crippen MR) is 153 cm³/mol. The van der Waals surface area contributed by atoms with E-state index in [0.29, 0.717) is 29.0 Å². The zero-order valence-corrected chi connectivity index (χ0v) is 22.5. The second kappa shape index (κ2) is 11.3. The highest BCUT2D eigenvalue weighted by Crippen LogP contribution is 2.45. The monoisotopic (exact) mass is 552 g/mol. The van der Waals surface area contributed by atoms with E-state index in [9.17, 15) is 14.7 Å². The Morgan fingerprint density at radius 1 is 0.875 bits per heavy atom. The van der Waals surface area contributed by atoms with Crippen molar-refractivity contribution >= 4 is 23.4 Å². The van der Waals surface area contributed by atoms with Crippen molar-refractivity contribution in [3.63, 3.8) is 0 Å². The second-order valence-corrected chi connectivity index (χ2v) is 10.8. The molecule has 2 aliphatic rings. The van der Waals surface area contributed by atoms with E-state index in [2.05, 4.69) is 5.48 Å². The van der Waals surface area contributed by atoms with Crippen molar-refractivity contribution in [3.8, 4) is 0 Å². The highest BCUT2D eigenvalue weighted by Gasteiger charge is 2.48. The molecule has 0 saturated carbocycles. The molecule has 4 aromatic carbocycles. The van der Waals surface area contributed by atoms with Gasteiger partial charge in [0.1, 0.15) is 0 Å². The second-order valence-electron chi connectivity index (χ2n) is 10.3. The van der Waals surface area contributed by atoms with Crippen molar-refractivity contribution in [1.29, 1.82) is 0 Å². The van der Waals surface area contributed by atoms with Gasteiger partial charge in [-0.3, -0.25) is 14.4 Å². The first-order chi connectivity index (χ1) is 19.5. The largest absolute Gasteiger partial charge is 0.391 e. The maximum Gasteiger partial charge on any atom is 0.255 e. The Morgan fingerprint density at radius 3 is 2.27 bits per heavy atom. The molecule has 1 heterocycles. The number of nitrogens with zero attached hydrogens (tertiary/aromatic N) is 1. The van der Waals surface area contributed by atoms with Gasteiger partial charge in [-0.1, -0.05) is 96.5 Å². The van der Waals surface area contributed by atoms with Crippen LogP contribution < -0.4 is 5.48 Å². The lowest BCUT2D eigenvalue weighted by Crippen LogP contribution is -2.57. The smallest absolute Gasteiger partial charge is 0.255 e. The van der Waals surface area contributed by atoms with Crippen molar-refractivity contribution in [2.45, 2.75) is 43.6 Å². The summed E-state index contributed by atoms with van der Waals surface area (Å²) in [5.74, 6) is -1.37. The van der Waals surface area contributed by atoms with Crippen LogP contribution in [0.15, 0.2) is 103 Å². The van der Waals surface area contributed by atoms with Gasteiger partial charge >= 0.3 is 0 Å². The fraction of sp³-hybridized carbons (Fsp3) is 0.212. The number of fused-ring (bicyclic) bond motifs is 2. The van der Waals surface area contributed by atoms with Crippen LogP contribution in [0, 0.1) is 0 Å². The lowest BCUT2D eigenvalue weighted by atomic mass is 9.76. The Kier molecular flexibility index (Phi) is 7.39. The summed E-state index contributed by atoms with van der Waals surface area (Å²) in [4.78, 5) is 35.5. The van der Waals surface area contributed by atoms with Gasteiger partial charge in [0.2, 0.25) is 0 Å². The summed E-state index contributed by atoms with van der Waals surface area (Å²) in [6, 6.07) is 30.7. The van der Waals surface area contributed by atoms with E-state index in [-0.39, 0.29) is 18.4 Å². The van der Waals surface area contributed by atoms with Crippen LogP contribution >= 0.6 is 11.6 Å². The molecule has 4 aromatic rings. The predicted octanol–water partition coefficient (Wildman–Crippen LogP) is 5.40. The third-order valence-corrected chi connectivity index (χ3v) is 8.15. The number of hydrogen-bond donors (Lipinski definition) is 2. The average molecular weight is 553 g/mol. The first-order valence-corrected chi connectivity index (χ1v) is 13.8. The number of halogens is 1. The molecule has 7 heteroatoms. The van der Waals surface area contributed by atoms with Gasteiger partial charge in [0.05, 0.1) is 30.7 Å².